The zero-order valence-corrected chi connectivity index (χ0v) is 18.8. The molecule has 3 aromatic rings. The average Bonchev–Trinajstić information content (AvgIpc) is 3.04. The van der Waals surface area contributed by atoms with E-state index in [4.69, 9.17) is 16.7 Å². The minimum absolute atomic E-state index is 0.169. The van der Waals surface area contributed by atoms with Crippen molar-refractivity contribution in [3.05, 3.63) is 101 Å². The number of halogens is 1. The quantitative estimate of drug-likeness (QED) is 0.610. The van der Waals surface area contributed by atoms with Crippen LogP contribution in [0.4, 0.5) is 0 Å². The smallest absolute Gasteiger partial charge is 0.267 e. The molecular weight excluding hydrogens is 446 g/mol. The average molecular weight is 466 g/mol. The number of nitrogens with zero attached hydrogens (tertiary/aromatic N) is 2. The number of benzene rings is 3. The number of carbonyl (C=O) groups excluding carboxylic acids is 1. The maximum Gasteiger partial charge on any atom is 0.276 e. The van der Waals surface area contributed by atoms with Crippen LogP contribution in [0.5, 0.6) is 0 Å². The first-order valence-corrected chi connectivity index (χ1v) is 12.1. The van der Waals surface area contributed by atoms with Crippen LogP contribution in [-0.2, 0) is 15.7 Å². The van der Waals surface area contributed by atoms with Crippen LogP contribution in [0, 0.1) is 5.92 Å². The Balaban J connectivity index is 1.74. The molecule has 0 radical (unpaired) electrons. The maximum absolute atomic E-state index is 13.7. The van der Waals surface area contributed by atoms with E-state index < -0.39 is 15.7 Å². The van der Waals surface area contributed by atoms with Gasteiger partial charge in [0.15, 0.2) is 5.66 Å². The van der Waals surface area contributed by atoms with Crippen LogP contribution in [0.15, 0.2) is 88.9 Å². The highest BCUT2D eigenvalue weighted by atomic mass is 35.5. The molecule has 162 valence electrons. The molecule has 3 aromatic carbocycles. The fourth-order valence-corrected chi connectivity index (χ4v) is 6.28. The number of sulfonamides is 1. The lowest BCUT2D eigenvalue weighted by Crippen LogP contribution is -2.60. The van der Waals surface area contributed by atoms with Gasteiger partial charge in [0.2, 0.25) is 10.0 Å². The lowest BCUT2D eigenvalue weighted by Gasteiger charge is -2.45. The number of rotatable bonds is 2. The van der Waals surface area contributed by atoms with Gasteiger partial charge in [-0.15, -0.1) is 0 Å². The third-order valence-corrected chi connectivity index (χ3v) is 7.80. The molecule has 1 amide bonds. The van der Waals surface area contributed by atoms with Crippen molar-refractivity contribution >= 4 is 33.2 Å². The molecule has 0 fully saturated rings. The monoisotopic (exact) mass is 465 g/mol. The van der Waals surface area contributed by atoms with Crippen molar-refractivity contribution in [3.63, 3.8) is 0 Å². The predicted octanol–water partition coefficient (Wildman–Crippen LogP) is 4.37. The Labute approximate surface area is 191 Å². The first kappa shape index (κ1) is 20.9. The van der Waals surface area contributed by atoms with E-state index >= 15 is 0 Å². The molecule has 32 heavy (non-hydrogen) atoms. The second kappa shape index (κ2) is 7.55. The van der Waals surface area contributed by atoms with E-state index in [1.54, 1.807) is 60.7 Å². The standard InChI is InChI=1S/C24H20ClN3O3S/c1-16-15-21(17-11-13-19(25)14-12-17)26-28(23(29)18-7-3-2-4-8-18)24(16)20-9-5-6-10-22(20)32(30,31)27-24/h2-14,16,27H,15H2,1H3/t16-,24-/m0/s1. The van der Waals surface area contributed by atoms with E-state index in [9.17, 15) is 13.2 Å². The zero-order chi connectivity index (χ0) is 22.5. The van der Waals surface area contributed by atoms with Gasteiger partial charge in [0.05, 0.1) is 10.6 Å². The lowest BCUT2D eigenvalue weighted by atomic mass is 9.81. The number of hydrogen-bond acceptors (Lipinski definition) is 4. The summed E-state index contributed by atoms with van der Waals surface area (Å²) in [5, 5.41) is 6.65. The molecule has 0 aromatic heterocycles. The summed E-state index contributed by atoms with van der Waals surface area (Å²) in [6.45, 7) is 1.93. The predicted molar refractivity (Wildman–Crippen MR) is 123 cm³/mol. The summed E-state index contributed by atoms with van der Waals surface area (Å²) >= 11 is 6.04. The molecule has 0 saturated carbocycles. The number of hydrogen-bond donors (Lipinski definition) is 1. The van der Waals surface area contributed by atoms with Crippen LogP contribution < -0.4 is 4.72 Å². The Morgan fingerprint density at radius 3 is 2.41 bits per heavy atom. The topological polar surface area (TPSA) is 78.8 Å². The first-order valence-electron chi connectivity index (χ1n) is 10.2. The number of fused-ring (bicyclic) bond motifs is 2. The van der Waals surface area contributed by atoms with Gasteiger partial charge in [0.1, 0.15) is 0 Å². The molecule has 2 atom stereocenters. The summed E-state index contributed by atoms with van der Waals surface area (Å²) < 4.78 is 28.9. The SMILES string of the molecule is C[C@H]1CC(c2ccc(Cl)cc2)=NN(C(=O)c2ccccc2)[C@@]12NS(=O)(=O)c1ccccc12. The van der Waals surface area contributed by atoms with Crippen LogP contribution in [0.3, 0.4) is 0 Å². The largest absolute Gasteiger partial charge is 0.276 e. The number of amides is 1. The number of nitrogens with one attached hydrogen (secondary N) is 1. The molecule has 2 aliphatic heterocycles. The summed E-state index contributed by atoms with van der Waals surface area (Å²) in [5.74, 6) is -0.681. The second-order valence-electron chi connectivity index (χ2n) is 8.01. The molecule has 0 saturated heterocycles. The van der Waals surface area contributed by atoms with Gasteiger partial charge >= 0.3 is 0 Å². The summed E-state index contributed by atoms with van der Waals surface area (Å²) in [4.78, 5) is 13.9. The van der Waals surface area contributed by atoms with Crippen molar-refractivity contribution in [2.75, 3.05) is 0 Å². The van der Waals surface area contributed by atoms with Crippen molar-refractivity contribution in [1.82, 2.24) is 9.73 Å². The molecule has 0 unspecified atom stereocenters. The fourth-order valence-electron chi connectivity index (χ4n) is 4.47. The van der Waals surface area contributed by atoms with Gasteiger partial charge in [0.25, 0.3) is 5.91 Å². The van der Waals surface area contributed by atoms with Gasteiger partial charge in [-0.1, -0.05) is 67.1 Å². The summed E-state index contributed by atoms with van der Waals surface area (Å²) in [5.41, 5.74) is 1.14. The highest BCUT2D eigenvalue weighted by molar-refractivity contribution is 7.89. The Bertz CT molecular complexity index is 1340. The molecule has 2 heterocycles. The van der Waals surface area contributed by atoms with Crippen LogP contribution in [0.2, 0.25) is 5.02 Å². The van der Waals surface area contributed by atoms with Gasteiger partial charge in [-0.25, -0.2) is 13.4 Å². The molecule has 8 heteroatoms. The van der Waals surface area contributed by atoms with E-state index in [0.717, 1.165) is 5.56 Å². The first-order chi connectivity index (χ1) is 15.3. The van der Waals surface area contributed by atoms with Crippen molar-refractivity contribution in [2.45, 2.75) is 23.9 Å². The Kier molecular flexibility index (Phi) is 4.93. The van der Waals surface area contributed by atoms with Crippen LogP contribution in [0.25, 0.3) is 0 Å². The lowest BCUT2D eigenvalue weighted by molar-refractivity contribution is 0.0168. The van der Waals surface area contributed by atoms with E-state index in [1.807, 2.05) is 25.1 Å². The Morgan fingerprint density at radius 2 is 1.69 bits per heavy atom. The fraction of sp³-hybridized carbons (Fsp3) is 0.167. The van der Waals surface area contributed by atoms with Gasteiger partial charge < -0.3 is 0 Å². The van der Waals surface area contributed by atoms with E-state index in [-0.39, 0.29) is 16.7 Å². The van der Waals surface area contributed by atoms with Crippen LogP contribution in [0.1, 0.15) is 34.8 Å². The molecule has 6 nitrogen and oxygen atoms in total. The van der Waals surface area contributed by atoms with E-state index in [2.05, 4.69) is 4.72 Å². The minimum atomic E-state index is -3.81. The Morgan fingerprint density at radius 1 is 1.03 bits per heavy atom. The molecule has 5 rings (SSSR count). The summed E-state index contributed by atoms with van der Waals surface area (Å²) in [6.07, 6.45) is 0.469. The zero-order valence-electron chi connectivity index (χ0n) is 17.2. The molecule has 0 aliphatic carbocycles. The van der Waals surface area contributed by atoms with Gasteiger partial charge in [-0.2, -0.15) is 9.82 Å². The van der Waals surface area contributed by atoms with E-state index in [0.29, 0.717) is 28.3 Å². The molecule has 1 N–H and O–H groups in total. The Hall–Kier alpha value is -3.00. The van der Waals surface area contributed by atoms with Gasteiger partial charge in [0, 0.05) is 22.1 Å². The van der Waals surface area contributed by atoms with Crippen LogP contribution in [-0.4, -0.2) is 25.0 Å². The third-order valence-electron chi connectivity index (χ3n) is 6.04. The van der Waals surface area contributed by atoms with Gasteiger partial charge in [-0.05, 0) is 42.3 Å². The molecular formula is C24H20ClN3O3S. The minimum Gasteiger partial charge on any atom is -0.267 e. The van der Waals surface area contributed by atoms with E-state index in [1.165, 1.54) is 5.01 Å². The number of carbonyl (C=O) groups is 1. The summed E-state index contributed by atoms with van der Waals surface area (Å²) in [7, 11) is -3.81. The molecule has 1 spiro atoms. The third kappa shape index (κ3) is 3.16. The highest BCUT2D eigenvalue weighted by Gasteiger charge is 2.57. The van der Waals surface area contributed by atoms with Crippen molar-refractivity contribution in [1.29, 1.82) is 0 Å². The molecule has 0 bridgehead atoms. The van der Waals surface area contributed by atoms with Gasteiger partial charge in [-0.3, -0.25) is 4.79 Å². The summed E-state index contributed by atoms with van der Waals surface area (Å²) in [6, 6.07) is 22.7. The van der Waals surface area contributed by atoms with Crippen molar-refractivity contribution < 1.29 is 13.2 Å². The highest BCUT2D eigenvalue weighted by Crippen LogP contribution is 2.47. The van der Waals surface area contributed by atoms with Crippen molar-refractivity contribution in [2.24, 2.45) is 11.0 Å². The number of hydrazone groups is 1. The molecule has 2 aliphatic rings. The van der Waals surface area contributed by atoms with Crippen LogP contribution >= 0.6 is 11.6 Å². The maximum atomic E-state index is 13.7. The normalized spacial score (nSPS) is 23.6. The van der Waals surface area contributed by atoms with Crippen molar-refractivity contribution in [3.8, 4) is 0 Å². The second-order valence-corrected chi connectivity index (χ2v) is 10.1.